The molecular weight excluding hydrogens is 406 g/mol. The van der Waals surface area contributed by atoms with Crippen molar-refractivity contribution < 1.29 is 9.72 Å². The zero-order valence-corrected chi connectivity index (χ0v) is 19.0. The zero-order chi connectivity index (χ0) is 23.3. The number of amides is 1. The molecule has 0 radical (unpaired) electrons. The largest absolute Gasteiger partial charge is 0.333 e. The maximum Gasteiger partial charge on any atom is 0.312 e. The first-order chi connectivity index (χ1) is 15.3. The quantitative estimate of drug-likeness (QED) is 0.378. The Balaban J connectivity index is 1.76. The average molecular weight is 436 g/mol. The van der Waals surface area contributed by atoms with E-state index in [1.54, 1.807) is 18.5 Å². The molecule has 0 atom stereocenters. The number of carbonyl (C=O) groups excluding carboxylic acids is 1. The zero-order valence-electron chi connectivity index (χ0n) is 19.0. The van der Waals surface area contributed by atoms with Crippen molar-refractivity contribution in [3.8, 4) is 0 Å². The molecule has 0 unspecified atom stereocenters. The summed E-state index contributed by atoms with van der Waals surface area (Å²) in [5.74, 6) is -0.0241. The monoisotopic (exact) mass is 435 g/mol. The Morgan fingerprint density at radius 3 is 2.22 bits per heavy atom. The molecule has 8 heteroatoms. The van der Waals surface area contributed by atoms with Gasteiger partial charge in [0.1, 0.15) is 11.4 Å². The van der Waals surface area contributed by atoms with Crippen LogP contribution in [-0.2, 0) is 13.1 Å². The fourth-order valence-corrected chi connectivity index (χ4v) is 3.59. The lowest BCUT2D eigenvalue weighted by atomic mass is 10.1. The molecule has 1 heterocycles. The summed E-state index contributed by atoms with van der Waals surface area (Å²) in [5.41, 5.74) is 3.59. The highest BCUT2D eigenvalue weighted by Crippen LogP contribution is 2.22. The van der Waals surface area contributed by atoms with Gasteiger partial charge in [-0.1, -0.05) is 42.5 Å². The van der Waals surface area contributed by atoms with Gasteiger partial charge in [-0.05, 0) is 51.2 Å². The highest BCUT2D eigenvalue weighted by Gasteiger charge is 2.22. The number of nitrogens with zero attached hydrogens (tertiary/aromatic N) is 5. The van der Waals surface area contributed by atoms with Crippen molar-refractivity contribution in [2.24, 2.45) is 0 Å². The van der Waals surface area contributed by atoms with E-state index in [0.29, 0.717) is 36.6 Å². The number of benzene rings is 2. The van der Waals surface area contributed by atoms with E-state index < -0.39 is 4.92 Å². The van der Waals surface area contributed by atoms with E-state index in [1.807, 2.05) is 73.6 Å². The van der Waals surface area contributed by atoms with Gasteiger partial charge in [-0.15, -0.1) is 0 Å². The van der Waals surface area contributed by atoms with E-state index in [-0.39, 0.29) is 11.6 Å². The summed E-state index contributed by atoms with van der Waals surface area (Å²) in [4.78, 5) is 28.0. The van der Waals surface area contributed by atoms with Gasteiger partial charge in [-0.25, -0.2) is 0 Å². The molecule has 0 saturated heterocycles. The molecule has 0 aliphatic carbocycles. The van der Waals surface area contributed by atoms with Crippen molar-refractivity contribution in [2.75, 3.05) is 27.2 Å². The predicted octanol–water partition coefficient (Wildman–Crippen LogP) is 3.66. The molecule has 0 spiro atoms. The van der Waals surface area contributed by atoms with Gasteiger partial charge in [0.15, 0.2) is 0 Å². The predicted molar refractivity (Wildman–Crippen MR) is 124 cm³/mol. The van der Waals surface area contributed by atoms with E-state index in [9.17, 15) is 14.9 Å². The normalized spacial score (nSPS) is 11.0. The van der Waals surface area contributed by atoms with Gasteiger partial charge >= 0.3 is 5.69 Å². The second-order valence-electron chi connectivity index (χ2n) is 8.15. The first-order valence-electron chi connectivity index (χ1n) is 10.5. The van der Waals surface area contributed by atoms with Gasteiger partial charge in [0.2, 0.25) is 0 Å². The molecule has 0 bridgehead atoms. The third kappa shape index (κ3) is 5.59. The Kier molecular flexibility index (Phi) is 7.37. The number of carbonyl (C=O) groups is 1. The maximum atomic E-state index is 13.2. The lowest BCUT2D eigenvalue weighted by Crippen LogP contribution is -2.36. The van der Waals surface area contributed by atoms with Crippen LogP contribution in [0.25, 0.3) is 0 Å². The molecular formula is C24H29N5O3. The molecule has 1 aromatic heterocycles. The highest BCUT2D eigenvalue weighted by molar-refractivity contribution is 5.94. The van der Waals surface area contributed by atoms with Crippen LogP contribution in [0.5, 0.6) is 0 Å². The van der Waals surface area contributed by atoms with Crippen LogP contribution in [0.3, 0.4) is 0 Å². The Bertz CT molecular complexity index is 1080. The van der Waals surface area contributed by atoms with Crippen LogP contribution in [0.2, 0.25) is 0 Å². The van der Waals surface area contributed by atoms with Crippen LogP contribution >= 0.6 is 0 Å². The first kappa shape index (κ1) is 23.1. The van der Waals surface area contributed by atoms with E-state index in [2.05, 4.69) is 10.00 Å². The topological polar surface area (TPSA) is 84.5 Å². The second-order valence-corrected chi connectivity index (χ2v) is 8.15. The molecule has 0 fully saturated rings. The second kappa shape index (κ2) is 10.2. The number of rotatable bonds is 9. The molecule has 3 aromatic rings. The van der Waals surface area contributed by atoms with Gasteiger partial charge in [-0.2, -0.15) is 5.10 Å². The molecule has 168 valence electrons. The fourth-order valence-electron chi connectivity index (χ4n) is 3.59. The lowest BCUT2D eigenvalue weighted by molar-refractivity contribution is -0.386. The smallest absolute Gasteiger partial charge is 0.312 e. The van der Waals surface area contributed by atoms with Gasteiger partial charge in [0.25, 0.3) is 5.91 Å². The Labute approximate surface area is 188 Å². The van der Waals surface area contributed by atoms with Crippen LogP contribution in [-0.4, -0.2) is 57.6 Å². The first-order valence-corrected chi connectivity index (χ1v) is 10.5. The molecule has 1 amide bonds. The molecule has 0 aliphatic heterocycles. The van der Waals surface area contributed by atoms with Crippen LogP contribution in [0.1, 0.15) is 32.9 Å². The minimum absolute atomic E-state index is 0.0241. The number of hydrogen-bond acceptors (Lipinski definition) is 5. The van der Waals surface area contributed by atoms with E-state index in [0.717, 1.165) is 17.7 Å². The summed E-state index contributed by atoms with van der Waals surface area (Å²) in [6.07, 6.45) is 0. The van der Waals surface area contributed by atoms with Gasteiger partial charge < -0.3 is 9.80 Å². The van der Waals surface area contributed by atoms with Gasteiger partial charge in [0.05, 0.1) is 11.5 Å². The van der Waals surface area contributed by atoms with Crippen LogP contribution < -0.4 is 0 Å². The van der Waals surface area contributed by atoms with Crippen LogP contribution in [0.15, 0.2) is 54.6 Å². The standard InChI is InChI=1S/C24H29N5O3/c1-18-23(29(31)32)19(2)28(25-18)17-21-10-12-22(13-11-21)24(30)27(15-14-26(3)4)16-20-8-6-5-7-9-20/h5-13H,14-17H2,1-4H3. The third-order valence-electron chi connectivity index (χ3n) is 5.38. The molecule has 0 saturated carbocycles. The van der Waals surface area contributed by atoms with Crippen molar-refractivity contribution in [3.63, 3.8) is 0 Å². The van der Waals surface area contributed by atoms with Crippen molar-refractivity contribution >= 4 is 11.6 Å². The number of aryl methyl sites for hydroxylation is 1. The van der Waals surface area contributed by atoms with E-state index in [1.165, 1.54) is 0 Å². The Morgan fingerprint density at radius 2 is 1.66 bits per heavy atom. The van der Waals surface area contributed by atoms with Gasteiger partial charge in [-0.3, -0.25) is 19.6 Å². The van der Waals surface area contributed by atoms with Crippen molar-refractivity contribution in [1.29, 1.82) is 0 Å². The van der Waals surface area contributed by atoms with Crippen LogP contribution in [0, 0.1) is 24.0 Å². The Hall–Kier alpha value is -3.52. The molecule has 32 heavy (non-hydrogen) atoms. The molecule has 2 aromatic carbocycles. The maximum absolute atomic E-state index is 13.2. The minimum Gasteiger partial charge on any atom is -0.333 e. The molecule has 3 rings (SSSR count). The average Bonchev–Trinajstić information content (AvgIpc) is 3.04. The molecule has 0 N–H and O–H groups in total. The fraction of sp³-hybridized carbons (Fsp3) is 0.333. The number of aromatic nitrogens is 2. The summed E-state index contributed by atoms with van der Waals surface area (Å²) < 4.78 is 1.63. The minimum atomic E-state index is -0.398. The SMILES string of the molecule is Cc1nn(Cc2ccc(C(=O)N(CCN(C)C)Cc3ccccc3)cc2)c(C)c1[N+](=O)[O-]. The van der Waals surface area contributed by atoms with Crippen LogP contribution in [0.4, 0.5) is 5.69 Å². The summed E-state index contributed by atoms with van der Waals surface area (Å²) in [6, 6.07) is 17.3. The highest BCUT2D eigenvalue weighted by atomic mass is 16.6. The van der Waals surface area contributed by atoms with Crippen molar-refractivity contribution in [1.82, 2.24) is 19.6 Å². The number of nitro groups is 1. The van der Waals surface area contributed by atoms with Crippen molar-refractivity contribution in [2.45, 2.75) is 26.9 Å². The van der Waals surface area contributed by atoms with Crippen molar-refractivity contribution in [3.05, 3.63) is 92.8 Å². The number of hydrogen-bond donors (Lipinski definition) is 0. The summed E-state index contributed by atoms with van der Waals surface area (Å²) in [5, 5.41) is 15.5. The molecule has 0 aliphatic rings. The summed E-state index contributed by atoms with van der Waals surface area (Å²) in [7, 11) is 3.98. The lowest BCUT2D eigenvalue weighted by Gasteiger charge is -2.25. The number of likely N-dealkylation sites (N-methyl/N-ethyl adjacent to an activating group) is 1. The van der Waals surface area contributed by atoms with E-state index >= 15 is 0 Å². The summed E-state index contributed by atoms with van der Waals surface area (Å²) in [6.45, 7) is 5.68. The van der Waals surface area contributed by atoms with Gasteiger partial charge in [0, 0.05) is 25.2 Å². The van der Waals surface area contributed by atoms with E-state index in [4.69, 9.17) is 0 Å². The molecule has 8 nitrogen and oxygen atoms in total. The summed E-state index contributed by atoms with van der Waals surface area (Å²) >= 11 is 0. The Morgan fingerprint density at radius 1 is 1.00 bits per heavy atom. The third-order valence-corrected chi connectivity index (χ3v) is 5.38.